The van der Waals surface area contributed by atoms with E-state index in [4.69, 9.17) is 0 Å². The van der Waals surface area contributed by atoms with E-state index in [2.05, 4.69) is 27.7 Å². The second kappa shape index (κ2) is 6.93. The lowest BCUT2D eigenvalue weighted by Gasteiger charge is -2.31. The zero-order valence-electron chi connectivity index (χ0n) is 12.9. The summed E-state index contributed by atoms with van der Waals surface area (Å²) in [5.74, 6) is 2.25. The SMILES string of the molecule is CN(C)C[C@@H]1CSCCCN1C(=O)c1ccc2nsnc2c1. The lowest BCUT2D eigenvalue weighted by Crippen LogP contribution is -2.46. The fourth-order valence-corrected chi connectivity index (χ4v) is 4.32. The van der Waals surface area contributed by atoms with Crippen LogP contribution in [-0.4, -0.2) is 69.2 Å². The van der Waals surface area contributed by atoms with Crippen molar-refractivity contribution in [3.63, 3.8) is 0 Å². The Balaban J connectivity index is 1.86. The van der Waals surface area contributed by atoms with Crippen molar-refractivity contribution in [2.24, 2.45) is 0 Å². The maximum atomic E-state index is 13.0. The second-order valence-corrected chi connectivity index (χ2v) is 7.49. The molecule has 118 valence electrons. The quantitative estimate of drug-likeness (QED) is 0.860. The van der Waals surface area contributed by atoms with Crippen LogP contribution in [0.25, 0.3) is 11.0 Å². The van der Waals surface area contributed by atoms with Crippen LogP contribution >= 0.6 is 23.5 Å². The first kappa shape index (κ1) is 15.7. The van der Waals surface area contributed by atoms with Crippen LogP contribution in [0.5, 0.6) is 0 Å². The van der Waals surface area contributed by atoms with E-state index in [1.165, 1.54) is 11.7 Å². The predicted octanol–water partition coefficient (Wildman–Crippen LogP) is 2.20. The van der Waals surface area contributed by atoms with Gasteiger partial charge in [0.2, 0.25) is 0 Å². The number of amides is 1. The number of benzene rings is 1. The van der Waals surface area contributed by atoms with Crippen molar-refractivity contribution in [1.29, 1.82) is 0 Å². The fourth-order valence-electron chi connectivity index (χ4n) is 2.75. The Morgan fingerprint density at radius 1 is 1.36 bits per heavy atom. The minimum Gasteiger partial charge on any atom is -0.334 e. The Bertz CT molecular complexity index is 658. The third-order valence-corrected chi connectivity index (χ3v) is 5.53. The minimum atomic E-state index is 0.115. The normalized spacial score (nSPS) is 19.6. The summed E-state index contributed by atoms with van der Waals surface area (Å²) in [5, 5.41) is 0. The Morgan fingerprint density at radius 3 is 3.00 bits per heavy atom. The Kier molecular flexibility index (Phi) is 4.95. The van der Waals surface area contributed by atoms with E-state index in [0.717, 1.165) is 47.6 Å². The van der Waals surface area contributed by atoms with Crippen LogP contribution in [0.3, 0.4) is 0 Å². The molecule has 0 N–H and O–H groups in total. The van der Waals surface area contributed by atoms with Gasteiger partial charge in [-0.3, -0.25) is 4.79 Å². The number of hydrogen-bond donors (Lipinski definition) is 0. The number of likely N-dealkylation sites (N-methyl/N-ethyl adjacent to an activating group) is 1. The topological polar surface area (TPSA) is 49.3 Å². The molecule has 1 fully saturated rings. The molecule has 3 rings (SSSR count). The smallest absolute Gasteiger partial charge is 0.254 e. The maximum absolute atomic E-state index is 13.0. The van der Waals surface area contributed by atoms with Crippen LogP contribution in [0.4, 0.5) is 0 Å². The van der Waals surface area contributed by atoms with E-state index in [9.17, 15) is 4.79 Å². The Hall–Kier alpha value is -1.18. The highest BCUT2D eigenvalue weighted by Crippen LogP contribution is 2.21. The highest BCUT2D eigenvalue weighted by Gasteiger charge is 2.27. The molecule has 0 unspecified atom stereocenters. The van der Waals surface area contributed by atoms with Gasteiger partial charge in [-0.15, -0.1) is 0 Å². The lowest BCUT2D eigenvalue weighted by atomic mass is 10.1. The van der Waals surface area contributed by atoms with Gasteiger partial charge in [-0.25, -0.2) is 0 Å². The van der Waals surface area contributed by atoms with Crippen LogP contribution in [0, 0.1) is 0 Å². The van der Waals surface area contributed by atoms with Crippen molar-refractivity contribution >= 4 is 40.4 Å². The first-order valence-electron chi connectivity index (χ1n) is 7.41. The molecule has 5 nitrogen and oxygen atoms in total. The molecule has 1 atom stereocenters. The van der Waals surface area contributed by atoms with Gasteiger partial charge in [0.05, 0.1) is 17.8 Å². The molecule has 1 aliphatic rings. The molecule has 1 saturated heterocycles. The van der Waals surface area contributed by atoms with E-state index in [-0.39, 0.29) is 11.9 Å². The summed E-state index contributed by atoms with van der Waals surface area (Å²) in [4.78, 5) is 17.2. The van der Waals surface area contributed by atoms with Crippen molar-refractivity contribution in [3.05, 3.63) is 23.8 Å². The summed E-state index contributed by atoms with van der Waals surface area (Å²) in [6.07, 6.45) is 1.06. The molecule has 2 aromatic rings. The molecular formula is C15H20N4OS2. The monoisotopic (exact) mass is 336 g/mol. The molecule has 0 bridgehead atoms. The molecule has 1 aromatic heterocycles. The maximum Gasteiger partial charge on any atom is 0.254 e. The van der Waals surface area contributed by atoms with Gasteiger partial charge < -0.3 is 9.80 Å². The van der Waals surface area contributed by atoms with Crippen molar-refractivity contribution in [2.75, 3.05) is 38.7 Å². The summed E-state index contributed by atoms with van der Waals surface area (Å²) < 4.78 is 8.44. The van der Waals surface area contributed by atoms with E-state index in [0.29, 0.717) is 0 Å². The van der Waals surface area contributed by atoms with Crippen molar-refractivity contribution < 1.29 is 4.79 Å². The number of carbonyl (C=O) groups excluding carboxylic acids is 1. The van der Waals surface area contributed by atoms with Gasteiger partial charge in [-0.2, -0.15) is 20.5 Å². The molecule has 0 aliphatic carbocycles. The highest BCUT2D eigenvalue weighted by atomic mass is 32.2. The third-order valence-electron chi connectivity index (χ3n) is 3.78. The molecule has 1 amide bonds. The van der Waals surface area contributed by atoms with Gasteiger partial charge in [0.25, 0.3) is 5.91 Å². The molecule has 0 spiro atoms. The van der Waals surface area contributed by atoms with Gasteiger partial charge in [0.15, 0.2) is 0 Å². The molecule has 2 heterocycles. The van der Waals surface area contributed by atoms with Crippen molar-refractivity contribution in [2.45, 2.75) is 12.5 Å². The zero-order valence-corrected chi connectivity index (χ0v) is 14.5. The van der Waals surface area contributed by atoms with Gasteiger partial charge in [0.1, 0.15) is 11.0 Å². The van der Waals surface area contributed by atoms with Crippen LogP contribution in [0.1, 0.15) is 16.8 Å². The fraction of sp³-hybridized carbons (Fsp3) is 0.533. The summed E-state index contributed by atoms with van der Waals surface area (Å²) in [5.41, 5.74) is 2.39. The first-order valence-corrected chi connectivity index (χ1v) is 9.29. The molecule has 1 aliphatic heterocycles. The number of rotatable bonds is 3. The largest absolute Gasteiger partial charge is 0.334 e. The number of carbonyl (C=O) groups is 1. The summed E-state index contributed by atoms with van der Waals surface area (Å²) in [7, 11) is 4.12. The zero-order chi connectivity index (χ0) is 15.5. The summed E-state index contributed by atoms with van der Waals surface area (Å²) in [6, 6.07) is 5.89. The van der Waals surface area contributed by atoms with Crippen LogP contribution in [-0.2, 0) is 0 Å². The second-order valence-electron chi connectivity index (χ2n) is 5.81. The number of nitrogens with zero attached hydrogens (tertiary/aromatic N) is 4. The first-order chi connectivity index (χ1) is 10.6. The number of aromatic nitrogens is 2. The van der Waals surface area contributed by atoms with E-state index in [1.54, 1.807) is 0 Å². The van der Waals surface area contributed by atoms with Gasteiger partial charge in [-0.05, 0) is 44.5 Å². The molecule has 0 saturated carbocycles. The third kappa shape index (κ3) is 3.42. The van der Waals surface area contributed by atoms with Crippen LogP contribution in [0.15, 0.2) is 18.2 Å². The van der Waals surface area contributed by atoms with Crippen LogP contribution < -0.4 is 0 Å². The van der Waals surface area contributed by atoms with Gasteiger partial charge in [0, 0.05) is 24.4 Å². The van der Waals surface area contributed by atoms with Gasteiger partial charge >= 0.3 is 0 Å². The number of fused-ring (bicyclic) bond motifs is 1. The molecule has 7 heteroatoms. The summed E-state index contributed by atoms with van der Waals surface area (Å²) in [6.45, 7) is 1.73. The molecular weight excluding hydrogens is 316 g/mol. The summed E-state index contributed by atoms with van der Waals surface area (Å²) >= 11 is 3.13. The van der Waals surface area contributed by atoms with Crippen molar-refractivity contribution in [1.82, 2.24) is 18.5 Å². The Morgan fingerprint density at radius 2 is 2.18 bits per heavy atom. The molecule has 1 aromatic carbocycles. The predicted molar refractivity (Wildman–Crippen MR) is 92.7 cm³/mol. The van der Waals surface area contributed by atoms with Crippen molar-refractivity contribution in [3.8, 4) is 0 Å². The Labute approximate surface area is 139 Å². The lowest BCUT2D eigenvalue weighted by molar-refractivity contribution is 0.0676. The van der Waals surface area contributed by atoms with Crippen LogP contribution in [0.2, 0.25) is 0 Å². The van der Waals surface area contributed by atoms with E-state index in [1.807, 2.05) is 34.9 Å². The van der Waals surface area contributed by atoms with E-state index < -0.39 is 0 Å². The minimum absolute atomic E-state index is 0.115. The average molecular weight is 336 g/mol. The standard InChI is InChI=1S/C15H20N4OS2/c1-18(2)9-12-10-21-7-3-6-19(12)15(20)11-4-5-13-14(8-11)17-22-16-13/h4-5,8,12H,3,6-7,9-10H2,1-2H3/t12-/m1/s1. The average Bonchev–Trinajstić information content (AvgIpc) is 2.85. The molecule has 0 radical (unpaired) electrons. The van der Waals surface area contributed by atoms with E-state index >= 15 is 0 Å². The molecule has 22 heavy (non-hydrogen) atoms. The number of thioether (sulfide) groups is 1. The highest BCUT2D eigenvalue weighted by molar-refractivity contribution is 7.99. The number of hydrogen-bond acceptors (Lipinski definition) is 6. The van der Waals surface area contributed by atoms with Gasteiger partial charge in [-0.1, -0.05) is 0 Å².